The first-order valence-electron chi connectivity index (χ1n) is 7.09. The van der Waals surface area contributed by atoms with Crippen LogP contribution in [0.5, 0.6) is 0 Å². The van der Waals surface area contributed by atoms with Crippen LogP contribution in [0.4, 0.5) is 0 Å². The molecule has 2 unspecified atom stereocenters. The first kappa shape index (κ1) is 13.6. The quantitative estimate of drug-likeness (QED) is 0.933. The van der Waals surface area contributed by atoms with Crippen molar-refractivity contribution in [2.24, 2.45) is 5.92 Å². The lowest BCUT2D eigenvalue weighted by Crippen LogP contribution is -2.31. The molecule has 0 aliphatic carbocycles. The van der Waals surface area contributed by atoms with Crippen LogP contribution >= 0.6 is 11.6 Å². The molecule has 0 spiro atoms. The molecule has 2 heterocycles. The van der Waals surface area contributed by atoms with Crippen LogP contribution < -0.4 is 5.32 Å². The van der Waals surface area contributed by atoms with Gasteiger partial charge < -0.3 is 9.84 Å². The number of halogens is 1. The average Bonchev–Trinajstić information content (AvgIpc) is 2.97. The Balaban J connectivity index is 1.80. The highest BCUT2D eigenvalue weighted by Gasteiger charge is 2.26. The number of aromatic nitrogens is 2. The van der Waals surface area contributed by atoms with Gasteiger partial charge in [0.05, 0.1) is 6.04 Å². The van der Waals surface area contributed by atoms with E-state index in [0.29, 0.717) is 16.7 Å². The Morgan fingerprint density at radius 2 is 2.35 bits per heavy atom. The van der Waals surface area contributed by atoms with Crippen LogP contribution in [-0.4, -0.2) is 16.7 Å². The summed E-state index contributed by atoms with van der Waals surface area (Å²) >= 11 is 5.99. The zero-order chi connectivity index (χ0) is 13.9. The number of rotatable bonds is 3. The predicted molar refractivity (Wildman–Crippen MR) is 78.5 cm³/mol. The topological polar surface area (TPSA) is 51.0 Å². The molecule has 1 fully saturated rings. The minimum atomic E-state index is 0.175. The fourth-order valence-electron chi connectivity index (χ4n) is 2.68. The molecule has 20 heavy (non-hydrogen) atoms. The Hall–Kier alpha value is -1.39. The van der Waals surface area contributed by atoms with Crippen molar-refractivity contribution >= 4 is 11.6 Å². The highest BCUT2D eigenvalue weighted by Crippen LogP contribution is 2.29. The molecule has 5 heteroatoms. The van der Waals surface area contributed by atoms with Gasteiger partial charge in [-0.25, -0.2) is 0 Å². The monoisotopic (exact) mass is 291 g/mol. The summed E-state index contributed by atoms with van der Waals surface area (Å²) in [4.78, 5) is 4.52. The Morgan fingerprint density at radius 3 is 3.15 bits per heavy atom. The van der Waals surface area contributed by atoms with Gasteiger partial charge in [0.2, 0.25) is 11.7 Å². The van der Waals surface area contributed by atoms with Crippen molar-refractivity contribution in [3.63, 3.8) is 0 Å². The molecule has 1 N–H and O–H groups in total. The summed E-state index contributed by atoms with van der Waals surface area (Å²) in [5, 5.41) is 8.20. The zero-order valence-electron chi connectivity index (χ0n) is 11.5. The van der Waals surface area contributed by atoms with Gasteiger partial charge in [-0.1, -0.05) is 42.2 Å². The van der Waals surface area contributed by atoms with E-state index in [2.05, 4.69) is 22.4 Å². The van der Waals surface area contributed by atoms with Crippen molar-refractivity contribution in [2.75, 3.05) is 6.54 Å². The predicted octanol–water partition coefficient (Wildman–Crippen LogP) is 3.84. The highest BCUT2D eigenvalue weighted by molar-refractivity contribution is 6.30. The van der Waals surface area contributed by atoms with Crippen molar-refractivity contribution in [3.8, 4) is 11.4 Å². The Kier molecular flexibility index (Phi) is 4.03. The molecule has 106 valence electrons. The Bertz CT molecular complexity index is 584. The van der Waals surface area contributed by atoms with Gasteiger partial charge in [0.1, 0.15) is 0 Å². The van der Waals surface area contributed by atoms with E-state index in [1.54, 1.807) is 0 Å². The number of nitrogens with one attached hydrogen (secondary N) is 1. The number of hydrogen-bond acceptors (Lipinski definition) is 4. The summed E-state index contributed by atoms with van der Waals surface area (Å²) in [6, 6.07) is 7.68. The van der Waals surface area contributed by atoms with Crippen molar-refractivity contribution in [3.05, 3.63) is 35.2 Å². The first-order chi connectivity index (χ1) is 9.76. The minimum absolute atomic E-state index is 0.175. The summed E-state index contributed by atoms with van der Waals surface area (Å²) in [6.45, 7) is 3.25. The van der Waals surface area contributed by atoms with Gasteiger partial charge >= 0.3 is 0 Å². The zero-order valence-corrected chi connectivity index (χ0v) is 12.2. The van der Waals surface area contributed by atoms with E-state index in [1.807, 2.05) is 24.3 Å². The van der Waals surface area contributed by atoms with E-state index in [-0.39, 0.29) is 6.04 Å². The molecule has 0 bridgehead atoms. The van der Waals surface area contributed by atoms with Gasteiger partial charge in [-0.3, -0.25) is 0 Å². The van der Waals surface area contributed by atoms with Crippen LogP contribution in [0, 0.1) is 5.92 Å². The molecule has 1 aromatic carbocycles. The molecule has 1 saturated heterocycles. The molecular formula is C15H18ClN3O. The summed E-state index contributed by atoms with van der Waals surface area (Å²) in [5.41, 5.74) is 0.885. The molecule has 2 atom stereocenters. The molecule has 0 amide bonds. The smallest absolute Gasteiger partial charge is 0.244 e. The van der Waals surface area contributed by atoms with E-state index in [4.69, 9.17) is 16.1 Å². The highest BCUT2D eigenvalue weighted by atomic mass is 35.5. The van der Waals surface area contributed by atoms with Crippen LogP contribution in [0.25, 0.3) is 11.4 Å². The van der Waals surface area contributed by atoms with E-state index in [1.165, 1.54) is 12.8 Å². The number of benzene rings is 1. The number of nitrogens with zero attached hydrogens (tertiary/aromatic N) is 2. The lowest BCUT2D eigenvalue weighted by atomic mass is 9.90. The summed E-state index contributed by atoms with van der Waals surface area (Å²) in [5.74, 6) is 2.02. The van der Waals surface area contributed by atoms with Gasteiger partial charge in [0.15, 0.2) is 0 Å². The summed E-state index contributed by atoms with van der Waals surface area (Å²) in [6.07, 6.45) is 3.49. The van der Waals surface area contributed by atoms with Crippen LogP contribution in [0.1, 0.15) is 38.1 Å². The van der Waals surface area contributed by atoms with Crippen molar-refractivity contribution < 1.29 is 4.52 Å². The SMILES string of the molecule is CCC1CCNC(c2nc(-c3cccc(Cl)c3)no2)C1. The molecule has 1 aromatic heterocycles. The number of hydrogen-bond donors (Lipinski definition) is 1. The third-order valence-electron chi connectivity index (χ3n) is 3.91. The lowest BCUT2D eigenvalue weighted by molar-refractivity contribution is 0.246. The van der Waals surface area contributed by atoms with Crippen molar-refractivity contribution in [1.82, 2.24) is 15.5 Å². The van der Waals surface area contributed by atoms with E-state index in [0.717, 1.165) is 24.4 Å². The van der Waals surface area contributed by atoms with Crippen LogP contribution in [0.15, 0.2) is 28.8 Å². The summed E-state index contributed by atoms with van der Waals surface area (Å²) in [7, 11) is 0. The van der Waals surface area contributed by atoms with E-state index in [9.17, 15) is 0 Å². The van der Waals surface area contributed by atoms with Crippen LogP contribution in [0.3, 0.4) is 0 Å². The molecule has 1 aliphatic rings. The van der Waals surface area contributed by atoms with E-state index >= 15 is 0 Å². The van der Waals surface area contributed by atoms with Gasteiger partial charge in [-0.15, -0.1) is 0 Å². The summed E-state index contributed by atoms with van der Waals surface area (Å²) < 4.78 is 5.42. The van der Waals surface area contributed by atoms with Crippen molar-refractivity contribution in [1.29, 1.82) is 0 Å². The molecule has 0 radical (unpaired) electrons. The molecule has 3 rings (SSSR count). The van der Waals surface area contributed by atoms with Crippen LogP contribution in [-0.2, 0) is 0 Å². The fourth-order valence-corrected chi connectivity index (χ4v) is 2.87. The largest absolute Gasteiger partial charge is 0.337 e. The third kappa shape index (κ3) is 2.86. The van der Waals surface area contributed by atoms with E-state index < -0.39 is 0 Å². The van der Waals surface area contributed by atoms with Crippen molar-refractivity contribution in [2.45, 2.75) is 32.2 Å². The average molecular weight is 292 g/mol. The minimum Gasteiger partial charge on any atom is -0.337 e. The normalized spacial score (nSPS) is 22.9. The Morgan fingerprint density at radius 1 is 1.45 bits per heavy atom. The lowest BCUT2D eigenvalue weighted by Gasteiger charge is -2.27. The second-order valence-corrected chi connectivity index (χ2v) is 5.71. The fraction of sp³-hybridized carbons (Fsp3) is 0.467. The van der Waals surface area contributed by atoms with Gasteiger partial charge in [-0.05, 0) is 37.4 Å². The third-order valence-corrected chi connectivity index (χ3v) is 4.15. The molecule has 0 saturated carbocycles. The van der Waals surface area contributed by atoms with Gasteiger partial charge in [-0.2, -0.15) is 4.98 Å². The standard InChI is InChI=1S/C15H18ClN3O/c1-2-10-6-7-17-13(8-10)15-18-14(19-20-15)11-4-3-5-12(16)9-11/h3-5,9-10,13,17H,2,6-8H2,1H3. The second kappa shape index (κ2) is 5.94. The second-order valence-electron chi connectivity index (χ2n) is 5.27. The Labute approximate surface area is 123 Å². The number of piperidine rings is 1. The maximum atomic E-state index is 5.99. The molecule has 4 nitrogen and oxygen atoms in total. The maximum absolute atomic E-state index is 5.99. The van der Waals surface area contributed by atoms with Gasteiger partial charge in [0.25, 0.3) is 0 Å². The molecule has 2 aromatic rings. The van der Waals surface area contributed by atoms with Crippen LogP contribution in [0.2, 0.25) is 5.02 Å². The molecular weight excluding hydrogens is 274 g/mol. The first-order valence-corrected chi connectivity index (χ1v) is 7.47. The maximum Gasteiger partial charge on any atom is 0.244 e. The van der Waals surface area contributed by atoms with Gasteiger partial charge in [0, 0.05) is 10.6 Å². The molecule has 1 aliphatic heterocycles.